The largest absolute Gasteiger partial charge is 0.457 e. The minimum Gasteiger partial charge on any atom is -0.457 e. The highest BCUT2D eigenvalue weighted by atomic mass is 36.0. The van der Waals surface area contributed by atoms with E-state index in [2.05, 4.69) is 21.4 Å². The van der Waals surface area contributed by atoms with E-state index in [-0.39, 0.29) is 0 Å². The standard InChI is InChI=1S/C12H9ClO.Cl2O2S/c13-10-6-8-12(9-7-10)14-11-4-2-1-3-5-11;1-5(2,3)4/h1-9H;. The Morgan fingerprint density at radius 3 is 1.68 bits per heavy atom. The first-order chi connectivity index (χ1) is 8.84. The molecule has 0 unspecified atom stereocenters. The quantitative estimate of drug-likeness (QED) is 0.735. The molecule has 2 aromatic rings. The van der Waals surface area contributed by atoms with Crippen LogP contribution in [0, 0.1) is 0 Å². The van der Waals surface area contributed by atoms with E-state index in [9.17, 15) is 0 Å². The molecule has 19 heavy (non-hydrogen) atoms. The van der Waals surface area contributed by atoms with Crippen LogP contribution in [-0.2, 0) is 8.26 Å². The van der Waals surface area contributed by atoms with Gasteiger partial charge in [0.1, 0.15) is 11.5 Å². The second kappa shape index (κ2) is 7.60. The van der Waals surface area contributed by atoms with Gasteiger partial charge in [-0.15, -0.1) is 0 Å². The van der Waals surface area contributed by atoms with Crippen LogP contribution in [-0.4, -0.2) is 8.42 Å². The Balaban J connectivity index is 0.000000312. The minimum absolute atomic E-state index is 0.713. The highest BCUT2D eigenvalue weighted by Crippen LogP contribution is 2.22. The third-order valence-corrected chi connectivity index (χ3v) is 2.04. The van der Waals surface area contributed by atoms with Crippen LogP contribution in [0.15, 0.2) is 54.6 Å². The van der Waals surface area contributed by atoms with Gasteiger partial charge in [-0.25, -0.2) is 0 Å². The fourth-order valence-electron chi connectivity index (χ4n) is 1.13. The van der Waals surface area contributed by atoms with Crippen molar-refractivity contribution in [3.8, 4) is 11.5 Å². The molecular formula is C12H9Cl3O3S. The van der Waals surface area contributed by atoms with Crippen molar-refractivity contribution in [1.29, 1.82) is 0 Å². The Bertz CT molecular complexity index is 590. The third kappa shape index (κ3) is 8.72. The number of hydrogen-bond acceptors (Lipinski definition) is 3. The molecular weight excluding hydrogens is 331 g/mol. The molecule has 2 rings (SSSR count). The molecule has 0 spiro atoms. The molecule has 0 heterocycles. The van der Waals surface area contributed by atoms with E-state index in [1.54, 1.807) is 12.1 Å². The van der Waals surface area contributed by atoms with Gasteiger partial charge in [0.15, 0.2) is 0 Å². The molecule has 0 radical (unpaired) electrons. The summed E-state index contributed by atoms with van der Waals surface area (Å²) in [7, 11) is 4.81. The normalized spacial score (nSPS) is 10.3. The number of benzene rings is 2. The Hall–Kier alpha value is -0.940. The van der Waals surface area contributed by atoms with Crippen molar-refractivity contribution in [2.24, 2.45) is 0 Å². The van der Waals surface area contributed by atoms with Gasteiger partial charge in [-0.2, -0.15) is 8.42 Å². The molecule has 0 aliphatic rings. The fraction of sp³-hybridized carbons (Fsp3) is 0. The molecule has 0 aromatic heterocycles. The van der Waals surface area contributed by atoms with E-state index < -0.39 is 8.26 Å². The van der Waals surface area contributed by atoms with E-state index in [0.29, 0.717) is 5.02 Å². The van der Waals surface area contributed by atoms with Gasteiger partial charge in [-0.1, -0.05) is 29.8 Å². The summed E-state index contributed by atoms with van der Waals surface area (Å²) in [5.41, 5.74) is 0. The van der Waals surface area contributed by atoms with Crippen LogP contribution in [0.4, 0.5) is 0 Å². The molecule has 0 saturated heterocycles. The van der Waals surface area contributed by atoms with Gasteiger partial charge in [0.05, 0.1) is 0 Å². The SMILES string of the molecule is Clc1ccc(Oc2ccccc2)cc1.O=S(=O)(Cl)Cl. The zero-order valence-electron chi connectivity index (χ0n) is 9.46. The summed E-state index contributed by atoms with van der Waals surface area (Å²) >= 11 is 5.76. The lowest BCUT2D eigenvalue weighted by atomic mass is 10.3. The van der Waals surface area contributed by atoms with Gasteiger partial charge < -0.3 is 4.74 Å². The van der Waals surface area contributed by atoms with Crippen LogP contribution >= 0.6 is 33.0 Å². The molecule has 3 nitrogen and oxygen atoms in total. The lowest BCUT2D eigenvalue weighted by Crippen LogP contribution is -1.82. The second-order valence-electron chi connectivity index (χ2n) is 3.25. The van der Waals surface area contributed by atoms with Crippen LogP contribution in [0.5, 0.6) is 11.5 Å². The summed E-state index contributed by atoms with van der Waals surface area (Å²) in [6.45, 7) is 0. The van der Waals surface area contributed by atoms with E-state index >= 15 is 0 Å². The van der Waals surface area contributed by atoms with Crippen molar-refractivity contribution in [3.05, 3.63) is 59.6 Å². The number of rotatable bonds is 2. The van der Waals surface area contributed by atoms with Gasteiger partial charge in [-0.05, 0) is 36.4 Å². The van der Waals surface area contributed by atoms with Crippen LogP contribution in [0.2, 0.25) is 5.02 Å². The zero-order valence-corrected chi connectivity index (χ0v) is 12.5. The first-order valence-corrected chi connectivity index (χ1v) is 8.48. The van der Waals surface area contributed by atoms with Crippen molar-refractivity contribution in [1.82, 2.24) is 0 Å². The molecule has 0 N–H and O–H groups in total. The molecule has 7 heteroatoms. The highest BCUT2D eigenvalue weighted by molar-refractivity contribution is 8.31. The van der Waals surface area contributed by atoms with Gasteiger partial charge >= 0.3 is 8.26 Å². The monoisotopic (exact) mass is 338 g/mol. The molecule has 2 aromatic carbocycles. The van der Waals surface area contributed by atoms with Gasteiger partial charge in [0.25, 0.3) is 0 Å². The average Bonchev–Trinajstić information content (AvgIpc) is 2.31. The van der Waals surface area contributed by atoms with Crippen molar-refractivity contribution in [2.45, 2.75) is 0 Å². The Morgan fingerprint density at radius 1 is 0.789 bits per heavy atom. The number of halogens is 3. The zero-order chi connectivity index (χ0) is 14.3. The van der Waals surface area contributed by atoms with Crippen LogP contribution < -0.4 is 4.74 Å². The summed E-state index contributed by atoms with van der Waals surface area (Å²) < 4.78 is 23.9. The Morgan fingerprint density at radius 2 is 1.21 bits per heavy atom. The fourth-order valence-corrected chi connectivity index (χ4v) is 1.25. The predicted molar refractivity (Wildman–Crippen MR) is 78.6 cm³/mol. The highest BCUT2D eigenvalue weighted by Gasteiger charge is 1.95. The van der Waals surface area contributed by atoms with E-state index in [1.165, 1.54) is 0 Å². The van der Waals surface area contributed by atoms with Crippen molar-refractivity contribution < 1.29 is 13.2 Å². The summed E-state index contributed by atoms with van der Waals surface area (Å²) in [6.07, 6.45) is 0. The number of ether oxygens (including phenoxy) is 1. The summed E-state index contributed by atoms with van der Waals surface area (Å²) in [5, 5.41) is 0.713. The smallest absolute Gasteiger partial charge is 0.317 e. The molecule has 0 fully saturated rings. The van der Waals surface area contributed by atoms with E-state index in [0.717, 1.165) is 11.5 Å². The summed E-state index contributed by atoms with van der Waals surface area (Å²) in [6, 6.07) is 16.9. The van der Waals surface area contributed by atoms with Crippen LogP contribution in [0.1, 0.15) is 0 Å². The van der Waals surface area contributed by atoms with Gasteiger partial charge in [-0.3, -0.25) is 0 Å². The summed E-state index contributed by atoms with van der Waals surface area (Å²) in [5.74, 6) is 1.62. The molecule has 0 aliphatic heterocycles. The predicted octanol–water partition coefficient (Wildman–Crippen LogP) is 4.84. The van der Waals surface area contributed by atoms with Crippen LogP contribution in [0.3, 0.4) is 0 Å². The maximum Gasteiger partial charge on any atom is 0.317 e. The molecule has 102 valence electrons. The first-order valence-electron chi connectivity index (χ1n) is 4.97. The number of hydrogen-bond donors (Lipinski definition) is 0. The number of para-hydroxylation sites is 1. The minimum atomic E-state index is -3.72. The van der Waals surface area contributed by atoms with E-state index in [4.69, 9.17) is 24.8 Å². The average molecular weight is 340 g/mol. The third-order valence-electron chi connectivity index (χ3n) is 1.79. The second-order valence-corrected chi connectivity index (χ2v) is 7.35. The lowest BCUT2D eigenvalue weighted by molar-refractivity contribution is 0.482. The topological polar surface area (TPSA) is 43.4 Å². The maximum atomic E-state index is 9.16. The molecule has 0 atom stereocenters. The maximum absolute atomic E-state index is 9.16. The van der Waals surface area contributed by atoms with Crippen LogP contribution in [0.25, 0.3) is 0 Å². The van der Waals surface area contributed by atoms with E-state index in [1.807, 2.05) is 42.5 Å². The van der Waals surface area contributed by atoms with Gasteiger partial charge in [0.2, 0.25) is 0 Å². The van der Waals surface area contributed by atoms with Crippen molar-refractivity contribution >= 4 is 41.2 Å². The first kappa shape index (κ1) is 16.1. The lowest BCUT2D eigenvalue weighted by Gasteiger charge is -2.04. The Labute approximate surface area is 125 Å². The van der Waals surface area contributed by atoms with Gasteiger partial charge in [0, 0.05) is 26.4 Å². The van der Waals surface area contributed by atoms with Crippen molar-refractivity contribution in [3.63, 3.8) is 0 Å². The Kier molecular flexibility index (Phi) is 6.45. The van der Waals surface area contributed by atoms with Crippen molar-refractivity contribution in [2.75, 3.05) is 0 Å². The molecule has 0 amide bonds. The molecule has 0 aliphatic carbocycles. The summed E-state index contributed by atoms with van der Waals surface area (Å²) in [4.78, 5) is 0. The molecule has 0 saturated carbocycles. The molecule has 0 bridgehead atoms.